The Morgan fingerprint density at radius 3 is 2.73 bits per heavy atom. The molecule has 3 aromatic rings. The lowest BCUT2D eigenvalue weighted by Crippen LogP contribution is -2.14. The van der Waals surface area contributed by atoms with Crippen LogP contribution < -0.4 is 10.3 Å². The van der Waals surface area contributed by atoms with E-state index in [-0.39, 0.29) is 18.0 Å². The first-order valence-electron chi connectivity index (χ1n) is 7.67. The Hall–Kier alpha value is -3.11. The van der Waals surface area contributed by atoms with Crippen LogP contribution in [0.1, 0.15) is 11.1 Å². The summed E-state index contributed by atoms with van der Waals surface area (Å²) in [4.78, 5) is 19.0. The molecular weight excluding hydrogens is 353 g/mol. The van der Waals surface area contributed by atoms with Gasteiger partial charge in [-0.25, -0.2) is 9.37 Å². The van der Waals surface area contributed by atoms with Crippen molar-refractivity contribution in [1.82, 2.24) is 9.97 Å². The third-order valence-electron chi connectivity index (χ3n) is 3.62. The summed E-state index contributed by atoms with van der Waals surface area (Å²) in [5, 5.41) is 9.74. The molecule has 1 aromatic heterocycles. The molecule has 0 saturated carbocycles. The van der Waals surface area contributed by atoms with Crippen molar-refractivity contribution in [2.24, 2.45) is 0 Å². The number of ether oxygens (including phenoxy) is 1. The molecule has 7 heteroatoms. The molecule has 130 valence electrons. The number of aromatic nitrogens is 2. The summed E-state index contributed by atoms with van der Waals surface area (Å²) in [5.41, 5.74) is 1.34. The van der Waals surface area contributed by atoms with Gasteiger partial charge in [0.05, 0.1) is 5.69 Å². The smallest absolute Gasteiger partial charge is 0.270 e. The molecular formula is C19H14FN3O2S. The van der Waals surface area contributed by atoms with E-state index in [0.29, 0.717) is 22.2 Å². The number of halogens is 1. The Morgan fingerprint density at radius 2 is 2.04 bits per heavy atom. The van der Waals surface area contributed by atoms with E-state index in [0.717, 1.165) is 5.56 Å². The Balaban J connectivity index is 1.90. The lowest BCUT2D eigenvalue weighted by Gasteiger charge is -2.09. The van der Waals surface area contributed by atoms with E-state index < -0.39 is 5.56 Å². The van der Waals surface area contributed by atoms with E-state index in [1.165, 1.54) is 23.9 Å². The van der Waals surface area contributed by atoms with Crippen LogP contribution in [-0.2, 0) is 6.61 Å². The van der Waals surface area contributed by atoms with Gasteiger partial charge in [0.1, 0.15) is 29.8 Å². The maximum Gasteiger partial charge on any atom is 0.270 e. The second-order valence-electron chi connectivity index (χ2n) is 5.35. The van der Waals surface area contributed by atoms with Gasteiger partial charge in [-0.15, -0.1) is 0 Å². The van der Waals surface area contributed by atoms with Crippen molar-refractivity contribution >= 4 is 11.8 Å². The molecule has 3 rings (SSSR count). The molecule has 5 nitrogen and oxygen atoms in total. The van der Waals surface area contributed by atoms with Crippen molar-refractivity contribution in [3.63, 3.8) is 0 Å². The number of nitriles is 1. The fraction of sp³-hybridized carbons (Fsp3) is 0.105. The van der Waals surface area contributed by atoms with Crippen LogP contribution in [0.4, 0.5) is 4.39 Å². The highest BCUT2D eigenvalue weighted by molar-refractivity contribution is 7.98. The van der Waals surface area contributed by atoms with Crippen molar-refractivity contribution in [3.8, 4) is 23.1 Å². The van der Waals surface area contributed by atoms with Gasteiger partial charge in [0.2, 0.25) is 0 Å². The number of aromatic amines is 1. The van der Waals surface area contributed by atoms with Crippen molar-refractivity contribution in [2.45, 2.75) is 11.8 Å². The summed E-state index contributed by atoms with van der Waals surface area (Å²) in [6.45, 7) is 0.264. The van der Waals surface area contributed by atoms with Gasteiger partial charge in [0, 0.05) is 5.56 Å². The van der Waals surface area contributed by atoms with Crippen molar-refractivity contribution in [2.75, 3.05) is 6.26 Å². The minimum absolute atomic E-state index is 0.0283. The maximum absolute atomic E-state index is 12.9. The van der Waals surface area contributed by atoms with Crippen LogP contribution in [0.5, 0.6) is 5.75 Å². The van der Waals surface area contributed by atoms with Crippen LogP contribution in [0.2, 0.25) is 0 Å². The van der Waals surface area contributed by atoms with Gasteiger partial charge in [0.15, 0.2) is 5.16 Å². The van der Waals surface area contributed by atoms with Crippen LogP contribution in [0.25, 0.3) is 11.3 Å². The predicted molar refractivity (Wildman–Crippen MR) is 97.5 cm³/mol. The topological polar surface area (TPSA) is 78.8 Å². The largest absolute Gasteiger partial charge is 0.489 e. The van der Waals surface area contributed by atoms with Gasteiger partial charge < -0.3 is 9.72 Å². The molecule has 0 fully saturated rings. The molecule has 0 aliphatic heterocycles. The average Bonchev–Trinajstić information content (AvgIpc) is 2.67. The summed E-state index contributed by atoms with van der Waals surface area (Å²) >= 11 is 1.29. The number of nitrogens with zero attached hydrogens (tertiary/aromatic N) is 2. The Morgan fingerprint density at radius 1 is 1.27 bits per heavy atom. The molecule has 0 bridgehead atoms. The average molecular weight is 367 g/mol. The highest BCUT2D eigenvalue weighted by atomic mass is 32.2. The van der Waals surface area contributed by atoms with Crippen LogP contribution in [-0.4, -0.2) is 16.2 Å². The van der Waals surface area contributed by atoms with E-state index in [2.05, 4.69) is 9.97 Å². The predicted octanol–water partition coefficient (Wildman–Crippen LogP) is 3.75. The number of hydrogen-bond donors (Lipinski definition) is 1. The van der Waals surface area contributed by atoms with E-state index in [4.69, 9.17) is 4.74 Å². The Bertz CT molecular complexity index is 1030. The van der Waals surface area contributed by atoms with Crippen LogP contribution in [0.3, 0.4) is 0 Å². The van der Waals surface area contributed by atoms with E-state index in [1.807, 2.05) is 24.3 Å². The highest BCUT2D eigenvalue weighted by Gasteiger charge is 2.13. The summed E-state index contributed by atoms with van der Waals surface area (Å²) < 4.78 is 18.6. The molecule has 2 aromatic carbocycles. The number of nitrogens with one attached hydrogen (secondary N) is 1. The molecule has 0 atom stereocenters. The molecule has 0 spiro atoms. The van der Waals surface area contributed by atoms with Crippen molar-refractivity contribution in [1.29, 1.82) is 5.26 Å². The number of H-pyrrole nitrogens is 1. The summed E-state index contributed by atoms with van der Waals surface area (Å²) in [6.07, 6.45) is 1.79. The minimum atomic E-state index is -0.463. The standard InChI is InChI=1S/C19H14FN3O2S/c1-26-19-22-17(16(10-21)18(24)23-19)13-4-2-3-12(9-13)11-25-15-7-5-14(20)6-8-15/h2-9H,11H2,1H3,(H,22,23,24). The Labute approximate surface area is 153 Å². The van der Waals surface area contributed by atoms with Crippen molar-refractivity contribution in [3.05, 3.63) is 75.8 Å². The SMILES string of the molecule is CSc1nc(-c2cccc(COc3ccc(F)cc3)c2)c(C#N)c(=O)[nH]1. The van der Waals surface area contributed by atoms with Gasteiger partial charge in [-0.05, 0) is 42.2 Å². The van der Waals surface area contributed by atoms with Gasteiger partial charge in [-0.1, -0.05) is 30.0 Å². The lowest BCUT2D eigenvalue weighted by atomic mass is 10.1. The van der Waals surface area contributed by atoms with Gasteiger partial charge in [0.25, 0.3) is 5.56 Å². The molecule has 0 radical (unpaired) electrons. The number of thioether (sulfide) groups is 1. The maximum atomic E-state index is 12.9. The lowest BCUT2D eigenvalue weighted by molar-refractivity contribution is 0.306. The highest BCUT2D eigenvalue weighted by Crippen LogP contribution is 2.23. The minimum Gasteiger partial charge on any atom is -0.489 e. The third kappa shape index (κ3) is 3.92. The summed E-state index contributed by atoms with van der Waals surface area (Å²) in [5.74, 6) is 0.224. The zero-order valence-electron chi connectivity index (χ0n) is 13.8. The molecule has 0 amide bonds. The number of rotatable bonds is 5. The molecule has 1 heterocycles. The first-order valence-corrected chi connectivity index (χ1v) is 8.89. The molecule has 0 unspecified atom stereocenters. The second-order valence-corrected chi connectivity index (χ2v) is 6.15. The molecule has 0 aliphatic rings. The fourth-order valence-corrected chi connectivity index (χ4v) is 2.75. The van der Waals surface area contributed by atoms with Gasteiger partial charge >= 0.3 is 0 Å². The molecule has 0 aliphatic carbocycles. The van der Waals surface area contributed by atoms with Gasteiger partial charge in [-0.3, -0.25) is 4.79 Å². The number of benzene rings is 2. The zero-order valence-corrected chi connectivity index (χ0v) is 14.6. The molecule has 26 heavy (non-hydrogen) atoms. The summed E-state index contributed by atoms with van der Waals surface area (Å²) in [7, 11) is 0. The van der Waals surface area contributed by atoms with Crippen LogP contribution in [0.15, 0.2) is 58.5 Å². The third-order valence-corrected chi connectivity index (χ3v) is 4.20. The van der Waals surface area contributed by atoms with E-state index >= 15 is 0 Å². The van der Waals surface area contributed by atoms with E-state index in [9.17, 15) is 14.4 Å². The summed E-state index contributed by atoms with van der Waals surface area (Å²) in [6, 6.07) is 14.9. The van der Waals surface area contributed by atoms with Crippen molar-refractivity contribution < 1.29 is 9.13 Å². The van der Waals surface area contributed by atoms with Gasteiger partial charge in [-0.2, -0.15) is 5.26 Å². The fourth-order valence-electron chi connectivity index (χ4n) is 2.37. The van der Waals surface area contributed by atoms with Crippen LogP contribution >= 0.6 is 11.8 Å². The monoisotopic (exact) mass is 367 g/mol. The number of hydrogen-bond acceptors (Lipinski definition) is 5. The van der Waals surface area contributed by atoms with E-state index in [1.54, 1.807) is 24.5 Å². The first-order chi connectivity index (χ1) is 12.6. The van der Waals surface area contributed by atoms with Crippen LogP contribution in [0, 0.1) is 17.1 Å². The molecule has 1 N–H and O–H groups in total. The second kappa shape index (κ2) is 7.85. The first kappa shape index (κ1) is 17.7. The zero-order chi connectivity index (χ0) is 18.5. The normalized spacial score (nSPS) is 10.3. The Kier molecular flexibility index (Phi) is 5.34. The quantitative estimate of drug-likeness (QED) is 0.549. The molecule has 0 saturated heterocycles.